The van der Waals surface area contributed by atoms with Crippen LogP contribution in [0.15, 0.2) is 48.1 Å². The number of hydrogen-bond donors (Lipinski definition) is 1. The Morgan fingerprint density at radius 1 is 1.19 bits per heavy atom. The zero-order chi connectivity index (χ0) is 19.0. The first kappa shape index (κ1) is 18.3. The maximum atomic E-state index is 7.49. The molecule has 3 saturated carbocycles. The van der Waals surface area contributed by atoms with Gasteiger partial charge in [0.15, 0.2) is 0 Å². The van der Waals surface area contributed by atoms with Gasteiger partial charge < -0.3 is 5.73 Å². The second kappa shape index (κ2) is 5.47. The molecule has 1 nitrogen and oxygen atoms in total. The van der Waals surface area contributed by atoms with Gasteiger partial charge in [-0.1, -0.05) is 70.2 Å². The fourth-order valence-corrected chi connectivity index (χ4v) is 7.69. The predicted octanol–water partition coefficient (Wildman–Crippen LogP) is 6.34. The molecule has 0 aliphatic heterocycles. The fraction of sp³-hybridized carbons (Fsp3) is 0.680. The van der Waals surface area contributed by atoms with Crippen molar-refractivity contribution in [1.82, 2.24) is 0 Å². The van der Waals surface area contributed by atoms with Crippen molar-refractivity contribution in [1.29, 1.82) is 0 Å². The number of rotatable bonds is 2. The molecule has 1 heteroatoms. The standard InChI is InChI=1S/C25H37N/c1-7-18(3)20-8-9-21-22(20,4)14-15-24(6)23(5)12-10-17(2)16-19(23)11-13-25(21,24)26/h10,12,16,20-21H,2-3,7-9,11,13-15,26H2,1,4-6H3. The summed E-state index contributed by atoms with van der Waals surface area (Å²) in [6, 6.07) is 0. The molecular formula is C25H37N. The molecule has 0 amide bonds. The van der Waals surface area contributed by atoms with Crippen LogP contribution in [-0.2, 0) is 0 Å². The first-order valence-corrected chi connectivity index (χ1v) is 10.7. The van der Waals surface area contributed by atoms with Crippen molar-refractivity contribution in [2.45, 2.75) is 78.2 Å². The maximum absolute atomic E-state index is 7.49. The van der Waals surface area contributed by atoms with Crippen LogP contribution in [0, 0.1) is 28.1 Å². The number of nitrogens with two attached hydrogens (primary N) is 1. The summed E-state index contributed by atoms with van der Waals surface area (Å²) in [5, 5.41) is 0. The molecule has 142 valence electrons. The summed E-state index contributed by atoms with van der Waals surface area (Å²) >= 11 is 0. The van der Waals surface area contributed by atoms with Gasteiger partial charge in [-0.05, 0) is 73.2 Å². The SMILES string of the molecule is C=C1C=CC2(C)C(=C1)CCC1(N)C3CCC(C(=C)CC)C3(C)CCC21C. The Hall–Kier alpha value is -1.08. The van der Waals surface area contributed by atoms with Gasteiger partial charge in [-0.15, -0.1) is 0 Å². The lowest BCUT2D eigenvalue weighted by Gasteiger charge is -2.68. The molecule has 0 radical (unpaired) electrons. The van der Waals surface area contributed by atoms with Crippen LogP contribution in [0.2, 0.25) is 0 Å². The summed E-state index contributed by atoms with van der Waals surface area (Å²) in [6.07, 6.45) is 15.4. The van der Waals surface area contributed by atoms with Gasteiger partial charge in [0.2, 0.25) is 0 Å². The van der Waals surface area contributed by atoms with Crippen LogP contribution in [0.5, 0.6) is 0 Å². The molecule has 2 N–H and O–H groups in total. The van der Waals surface area contributed by atoms with E-state index in [1.807, 2.05) is 0 Å². The number of hydrogen-bond acceptors (Lipinski definition) is 1. The largest absolute Gasteiger partial charge is 0.324 e. The molecule has 4 aliphatic rings. The van der Waals surface area contributed by atoms with Gasteiger partial charge >= 0.3 is 0 Å². The van der Waals surface area contributed by atoms with Crippen LogP contribution in [0.25, 0.3) is 0 Å². The fourth-order valence-electron chi connectivity index (χ4n) is 7.69. The molecule has 0 bridgehead atoms. The lowest BCUT2D eigenvalue weighted by Crippen LogP contribution is -2.71. The summed E-state index contributed by atoms with van der Waals surface area (Å²) in [4.78, 5) is 0. The van der Waals surface area contributed by atoms with Gasteiger partial charge in [0.05, 0.1) is 0 Å². The van der Waals surface area contributed by atoms with E-state index < -0.39 is 0 Å². The van der Waals surface area contributed by atoms with Gasteiger partial charge in [0.25, 0.3) is 0 Å². The van der Waals surface area contributed by atoms with Crippen molar-refractivity contribution < 1.29 is 0 Å². The summed E-state index contributed by atoms with van der Waals surface area (Å²) in [5.74, 6) is 1.27. The van der Waals surface area contributed by atoms with Crippen molar-refractivity contribution in [3.05, 3.63) is 48.1 Å². The third-order valence-electron chi connectivity index (χ3n) is 9.71. The third-order valence-corrected chi connectivity index (χ3v) is 9.71. The molecule has 6 atom stereocenters. The van der Waals surface area contributed by atoms with Gasteiger partial charge in [0, 0.05) is 11.0 Å². The van der Waals surface area contributed by atoms with Crippen molar-refractivity contribution in [3.8, 4) is 0 Å². The van der Waals surface area contributed by atoms with E-state index >= 15 is 0 Å². The summed E-state index contributed by atoms with van der Waals surface area (Å²) in [5.41, 5.74) is 12.1. The van der Waals surface area contributed by atoms with Crippen molar-refractivity contribution in [3.63, 3.8) is 0 Å². The Morgan fingerprint density at radius 3 is 2.62 bits per heavy atom. The minimum atomic E-state index is -0.0854. The van der Waals surface area contributed by atoms with E-state index in [9.17, 15) is 0 Å². The van der Waals surface area contributed by atoms with Crippen LogP contribution in [0.3, 0.4) is 0 Å². The number of fused-ring (bicyclic) bond motifs is 5. The predicted molar refractivity (Wildman–Crippen MR) is 112 cm³/mol. The molecule has 0 saturated heterocycles. The van der Waals surface area contributed by atoms with Gasteiger partial charge in [-0.3, -0.25) is 0 Å². The van der Waals surface area contributed by atoms with Crippen molar-refractivity contribution in [2.24, 2.45) is 33.8 Å². The molecule has 0 aromatic rings. The minimum absolute atomic E-state index is 0.0718. The molecule has 6 unspecified atom stereocenters. The number of allylic oxidation sites excluding steroid dienone is 6. The monoisotopic (exact) mass is 351 g/mol. The first-order chi connectivity index (χ1) is 12.1. The third kappa shape index (κ3) is 1.96. The van der Waals surface area contributed by atoms with Crippen LogP contribution < -0.4 is 5.73 Å². The zero-order valence-electron chi connectivity index (χ0n) is 17.3. The van der Waals surface area contributed by atoms with Gasteiger partial charge in [0.1, 0.15) is 0 Å². The lowest BCUT2D eigenvalue weighted by atomic mass is 9.38. The molecule has 3 fully saturated rings. The summed E-state index contributed by atoms with van der Waals surface area (Å²) in [7, 11) is 0. The van der Waals surface area contributed by atoms with Crippen LogP contribution >= 0.6 is 0 Å². The second-order valence-corrected chi connectivity index (χ2v) is 10.4. The summed E-state index contributed by atoms with van der Waals surface area (Å²) < 4.78 is 0. The smallest absolute Gasteiger partial charge is 0.0257 e. The van der Waals surface area contributed by atoms with Gasteiger partial charge in [-0.2, -0.15) is 0 Å². The lowest BCUT2D eigenvalue weighted by molar-refractivity contribution is -0.114. The van der Waals surface area contributed by atoms with E-state index in [2.05, 4.69) is 59.1 Å². The molecule has 26 heavy (non-hydrogen) atoms. The Balaban J connectivity index is 1.79. The Labute approximate surface area is 160 Å². The Kier molecular flexibility index (Phi) is 3.85. The minimum Gasteiger partial charge on any atom is -0.324 e. The maximum Gasteiger partial charge on any atom is 0.0257 e. The van der Waals surface area contributed by atoms with Crippen LogP contribution in [0.4, 0.5) is 0 Å². The van der Waals surface area contributed by atoms with Crippen LogP contribution in [0.1, 0.15) is 72.6 Å². The van der Waals surface area contributed by atoms with E-state index in [-0.39, 0.29) is 16.4 Å². The quantitative estimate of drug-likeness (QED) is 0.578. The first-order valence-electron chi connectivity index (χ1n) is 10.7. The Bertz CT molecular complexity index is 726. The van der Waals surface area contributed by atoms with E-state index in [0.717, 1.165) is 24.8 Å². The van der Waals surface area contributed by atoms with Gasteiger partial charge in [-0.25, -0.2) is 0 Å². The van der Waals surface area contributed by atoms with Crippen LogP contribution in [-0.4, -0.2) is 5.54 Å². The average molecular weight is 352 g/mol. The average Bonchev–Trinajstić information content (AvgIpc) is 2.96. The van der Waals surface area contributed by atoms with E-state index in [4.69, 9.17) is 5.73 Å². The van der Waals surface area contributed by atoms with E-state index in [1.54, 1.807) is 5.57 Å². The topological polar surface area (TPSA) is 26.0 Å². The highest BCUT2D eigenvalue weighted by atomic mass is 14.9. The highest BCUT2D eigenvalue weighted by Crippen LogP contribution is 2.72. The highest BCUT2D eigenvalue weighted by Gasteiger charge is 2.69. The molecular weight excluding hydrogens is 314 g/mol. The van der Waals surface area contributed by atoms with Crippen molar-refractivity contribution >= 4 is 0 Å². The van der Waals surface area contributed by atoms with Crippen molar-refractivity contribution in [2.75, 3.05) is 0 Å². The molecule has 0 aromatic heterocycles. The normalized spacial score (nSPS) is 49.9. The second-order valence-electron chi connectivity index (χ2n) is 10.4. The molecule has 0 spiro atoms. The molecule has 4 rings (SSSR count). The molecule has 0 aromatic carbocycles. The Morgan fingerprint density at radius 2 is 1.92 bits per heavy atom. The van der Waals surface area contributed by atoms with E-state index in [1.165, 1.54) is 31.3 Å². The zero-order valence-corrected chi connectivity index (χ0v) is 17.3. The molecule has 4 aliphatic carbocycles. The highest BCUT2D eigenvalue weighted by molar-refractivity contribution is 5.46. The summed E-state index contributed by atoms with van der Waals surface area (Å²) in [6.45, 7) is 18.4. The molecule has 0 heterocycles. The van der Waals surface area contributed by atoms with E-state index in [0.29, 0.717) is 17.3 Å².